The minimum atomic E-state index is -0.0974. The third-order valence-corrected chi connectivity index (χ3v) is 6.33. The van der Waals surface area contributed by atoms with Crippen molar-refractivity contribution in [1.82, 2.24) is 14.8 Å². The fraction of sp³-hybridized carbons (Fsp3) is 0.440. The second-order valence-electron chi connectivity index (χ2n) is 8.64. The Labute approximate surface area is 185 Å². The number of rotatable bonds is 5. The van der Waals surface area contributed by atoms with E-state index in [4.69, 9.17) is 9.84 Å². The van der Waals surface area contributed by atoms with Gasteiger partial charge in [0.25, 0.3) is 5.91 Å². The number of carbonyl (C=O) groups excluding carboxylic acids is 1. The number of para-hydroxylation sites is 1. The average Bonchev–Trinajstić information content (AvgIpc) is 3.22. The zero-order valence-corrected chi connectivity index (χ0v) is 19.0. The van der Waals surface area contributed by atoms with Crippen LogP contribution in [0.1, 0.15) is 34.7 Å². The standard InChI is InChI=1S/C25H32N4O2/c1-18-9-10-19(2)21(15-18)23-16-22(20-7-5-6-8-24(20)31-4)26-29(23)25(30)17-28-13-11-27(3)12-14-28/h5-10,15,23H,11-14,16-17H2,1-4H3/t23-/m1/s1. The Morgan fingerprint density at radius 3 is 2.58 bits per heavy atom. The molecule has 164 valence electrons. The lowest BCUT2D eigenvalue weighted by Gasteiger charge is -2.33. The Morgan fingerprint density at radius 2 is 1.84 bits per heavy atom. The van der Waals surface area contributed by atoms with Crippen molar-refractivity contribution < 1.29 is 9.53 Å². The van der Waals surface area contributed by atoms with Crippen molar-refractivity contribution >= 4 is 11.6 Å². The number of likely N-dealkylation sites (N-methyl/N-ethyl adjacent to an activating group) is 1. The van der Waals surface area contributed by atoms with E-state index < -0.39 is 0 Å². The Morgan fingerprint density at radius 1 is 1.10 bits per heavy atom. The summed E-state index contributed by atoms with van der Waals surface area (Å²) in [5.74, 6) is 0.842. The Balaban J connectivity index is 1.65. The van der Waals surface area contributed by atoms with E-state index in [1.165, 1.54) is 16.7 Å². The molecule has 1 fully saturated rings. The maximum atomic E-state index is 13.4. The third-order valence-electron chi connectivity index (χ3n) is 6.33. The second kappa shape index (κ2) is 9.20. The molecule has 1 atom stereocenters. The second-order valence-corrected chi connectivity index (χ2v) is 8.64. The van der Waals surface area contributed by atoms with Gasteiger partial charge in [-0.15, -0.1) is 0 Å². The summed E-state index contributed by atoms with van der Waals surface area (Å²) in [6.45, 7) is 8.40. The van der Waals surface area contributed by atoms with Crippen LogP contribution < -0.4 is 4.74 Å². The number of hydrogen-bond acceptors (Lipinski definition) is 5. The van der Waals surface area contributed by atoms with Gasteiger partial charge >= 0.3 is 0 Å². The smallest absolute Gasteiger partial charge is 0.257 e. The molecule has 1 saturated heterocycles. The van der Waals surface area contributed by atoms with Crippen LogP contribution in [0.4, 0.5) is 0 Å². The van der Waals surface area contributed by atoms with E-state index in [0.29, 0.717) is 13.0 Å². The summed E-state index contributed by atoms with van der Waals surface area (Å²) in [4.78, 5) is 18.0. The molecule has 2 aliphatic rings. The topological polar surface area (TPSA) is 48.4 Å². The molecule has 6 heteroatoms. The number of carbonyl (C=O) groups is 1. The molecule has 4 rings (SSSR count). The summed E-state index contributed by atoms with van der Waals surface area (Å²) in [5, 5.41) is 6.58. The van der Waals surface area contributed by atoms with Gasteiger partial charge in [-0.2, -0.15) is 5.10 Å². The quantitative estimate of drug-likeness (QED) is 0.745. The SMILES string of the molecule is COc1ccccc1C1=NN(C(=O)CN2CCN(C)CC2)[C@@H](c2cc(C)ccc2C)C1. The van der Waals surface area contributed by atoms with Gasteiger partial charge in [0.15, 0.2) is 0 Å². The monoisotopic (exact) mass is 420 g/mol. The van der Waals surface area contributed by atoms with Crippen LogP contribution in [0, 0.1) is 13.8 Å². The summed E-state index contributed by atoms with van der Waals surface area (Å²) in [5.41, 5.74) is 5.40. The molecule has 0 spiro atoms. The van der Waals surface area contributed by atoms with E-state index in [1.807, 2.05) is 24.3 Å². The highest BCUT2D eigenvalue weighted by atomic mass is 16.5. The molecule has 2 aliphatic heterocycles. The van der Waals surface area contributed by atoms with E-state index in [1.54, 1.807) is 12.1 Å². The summed E-state index contributed by atoms with van der Waals surface area (Å²) < 4.78 is 5.57. The number of ether oxygens (including phenoxy) is 1. The molecule has 0 saturated carbocycles. The van der Waals surface area contributed by atoms with Crippen LogP contribution >= 0.6 is 0 Å². The first-order valence-electron chi connectivity index (χ1n) is 11.0. The normalized spacial score (nSPS) is 20.1. The Kier molecular flexibility index (Phi) is 6.39. The molecule has 6 nitrogen and oxygen atoms in total. The number of nitrogens with zero attached hydrogens (tertiary/aromatic N) is 4. The molecule has 31 heavy (non-hydrogen) atoms. The number of benzene rings is 2. The highest BCUT2D eigenvalue weighted by molar-refractivity contribution is 6.05. The first-order valence-corrected chi connectivity index (χ1v) is 11.0. The zero-order chi connectivity index (χ0) is 22.0. The van der Waals surface area contributed by atoms with Gasteiger partial charge in [0.2, 0.25) is 0 Å². The lowest BCUT2D eigenvalue weighted by atomic mass is 9.93. The number of methoxy groups -OCH3 is 1. The minimum absolute atomic E-state index is 0.0559. The maximum Gasteiger partial charge on any atom is 0.257 e. The van der Waals surface area contributed by atoms with Crippen molar-refractivity contribution in [3.63, 3.8) is 0 Å². The van der Waals surface area contributed by atoms with Gasteiger partial charge in [-0.25, -0.2) is 5.01 Å². The molecule has 0 aliphatic carbocycles. The highest BCUT2D eigenvalue weighted by Crippen LogP contribution is 2.36. The van der Waals surface area contributed by atoms with Crippen molar-refractivity contribution in [3.05, 3.63) is 64.7 Å². The van der Waals surface area contributed by atoms with Gasteiger partial charge in [-0.1, -0.05) is 35.9 Å². The Bertz CT molecular complexity index is 979. The van der Waals surface area contributed by atoms with Crippen LogP contribution in [0.5, 0.6) is 5.75 Å². The van der Waals surface area contributed by atoms with Crippen molar-refractivity contribution in [2.24, 2.45) is 5.10 Å². The number of amides is 1. The number of piperazine rings is 1. The lowest BCUT2D eigenvalue weighted by molar-refractivity contribution is -0.134. The van der Waals surface area contributed by atoms with Crippen LogP contribution in [-0.2, 0) is 4.79 Å². The predicted octanol–water partition coefficient (Wildman–Crippen LogP) is 3.24. The van der Waals surface area contributed by atoms with Crippen LogP contribution in [0.3, 0.4) is 0 Å². The lowest BCUT2D eigenvalue weighted by Crippen LogP contribution is -2.48. The molecule has 2 heterocycles. The largest absolute Gasteiger partial charge is 0.496 e. The molecular formula is C25H32N4O2. The summed E-state index contributed by atoms with van der Waals surface area (Å²) in [6.07, 6.45) is 0.680. The van der Waals surface area contributed by atoms with Crippen molar-refractivity contribution in [2.45, 2.75) is 26.3 Å². The molecule has 0 N–H and O–H groups in total. The van der Waals surface area contributed by atoms with Gasteiger partial charge in [0.1, 0.15) is 5.75 Å². The maximum absolute atomic E-state index is 13.4. The summed E-state index contributed by atoms with van der Waals surface area (Å²) >= 11 is 0. The number of hydrazone groups is 1. The van der Waals surface area contributed by atoms with Gasteiger partial charge in [-0.05, 0) is 44.2 Å². The first kappa shape index (κ1) is 21.5. The van der Waals surface area contributed by atoms with E-state index >= 15 is 0 Å². The van der Waals surface area contributed by atoms with Gasteiger partial charge in [0, 0.05) is 38.2 Å². The van der Waals surface area contributed by atoms with Gasteiger partial charge < -0.3 is 9.64 Å². The van der Waals surface area contributed by atoms with Crippen molar-refractivity contribution in [1.29, 1.82) is 0 Å². The summed E-state index contributed by atoms with van der Waals surface area (Å²) in [7, 11) is 3.80. The third kappa shape index (κ3) is 4.65. The van der Waals surface area contributed by atoms with Crippen molar-refractivity contribution in [2.75, 3.05) is 46.9 Å². The highest BCUT2D eigenvalue weighted by Gasteiger charge is 2.35. The molecule has 0 unspecified atom stereocenters. The molecule has 2 aromatic carbocycles. The fourth-order valence-corrected chi connectivity index (χ4v) is 4.42. The molecule has 2 aromatic rings. The Hall–Kier alpha value is -2.70. The first-order chi connectivity index (χ1) is 15.0. The van der Waals surface area contributed by atoms with Crippen LogP contribution in [0.2, 0.25) is 0 Å². The predicted molar refractivity (Wildman–Crippen MR) is 124 cm³/mol. The van der Waals surface area contributed by atoms with E-state index in [9.17, 15) is 4.79 Å². The van der Waals surface area contributed by atoms with E-state index in [0.717, 1.165) is 43.2 Å². The average molecular weight is 421 g/mol. The molecule has 0 radical (unpaired) electrons. The number of hydrogen-bond donors (Lipinski definition) is 0. The van der Waals surface area contributed by atoms with Gasteiger partial charge in [-0.3, -0.25) is 9.69 Å². The minimum Gasteiger partial charge on any atom is -0.496 e. The van der Waals surface area contributed by atoms with E-state index in [-0.39, 0.29) is 11.9 Å². The van der Waals surface area contributed by atoms with E-state index in [2.05, 4.69) is 48.9 Å². The number of aryl methyl sites for hydroxylation is 2. The molecular weight excluding hydrogens is 388 g/mol. The van der Waals surface area contributed by atoms with Crippen LogP contribution in [-0.4, -0.2) is 73.3 Å². The zero-order valence-electron chi connectivity index (χ0n) is 19.0. The molecule has 1 amide bonds. The molecule has 0 aromatic heterocycles. The van der Waals surface area contributed by atoms with Crippen LogP contribution in [0.15, 0.2) is 47.6 Å². The molecule has 0 bridgehead atoms. The summed E-state index contributed by atoms with van der Waals surface area (Å²) in [6, 6.07) is 14.3. The van der Waals surface area contributed by atoms with Crippen molar-refractivity contribution in [3.8, 4) is 5.75 Å². The van der Waals surface area contributed by atoms with Crippen LogP contribution in [0.25, 0.3) is 0 Å². The fourth-order valence-electron chi connectivity index (χ4n) is 4.42. The van der Waals surface area contributed by atoms with Gasteiger partial charge in [0.05, 0.1) is 25.4 Å².